The Morgan fingerprint density at radius 3 is 2.75 bits per heavy atom. The van der Waals surface area contributed by atoms with Crippen LogP contribution in [0.2, 0.25) is 0 Å². The summed E-state index contributed by atoms with van der Waals surface area (Å²) >= 11 is 0. The number of amides is 1. The highest BCUT2D eigenvalue weighted by atomic mass is 16.1. The van der Waals surface area contributed by atoms with E-state index in [1.54, 1.807) is 28.8 Å². The maximum atomic E-state index is 12.3. The summed E-state index contributed by atoms with van der Waals surface area (Å²) in [5.41, 5.74) is 1.14. The van der Waals surface area contributed by atoms with E-state index in [1.807, 2.05) is 30.5 Å². The topological polar surface area (TPSA) is 92.1 Å². The van der Waals surface area contributed by atoms with Crippen molar-refractivity contribution in [3.05, 3.63) is 70.8 Å². The van der Waals surface area contributed by atoms with Gasteiger partial charge in [-0.25, -0.2) is 9.61 Å². The molecule has 0 saturated carbocycles. The fraction of sp³-hybridized carbons (Fsp3) is 0.0588. The average molecular weight is 319 g/mol. The van der Waals surface area contributed by atoms with Crippen molar-refractivity contribution in [2.45, 2.75) is 6.42 Å². The number of carbonyl (C=O) groups is 1. The van der Waals surface area contributed by atoms with Crippen molar-refractivity contribution in [2.24, 2.45) is 0 Å². The van der Waals surface area contributed by atoms with Crippen molar-refractivity contribution in [1.82, 2.24) is 19.8 Å². The number of aromatic amines is 1. The summed E-state index contributed by atoms with van der Waals surface area (Å²) in [6.45, 7) is 0. The van der Waals surface area contributed by atoms with E-state index in [2.05, 4.69) is 20.6 Å². The van der Waals surface area contributed by atoms with Crippen LogP contribution in [0, 0.1) is 0 Å². The second kappa shape index (κ2) is 5.62. The molecule has 118 valence electrons. The van der Waals surface area contributed by atoms with Crippen LogP contribution in [-0.4, -0.2) is 25.7 Å². The van der Waals surface area contributed by atoms with Gasteiger partial charge in [0.1, 0.15) is 0 Å². The Hall–Kier alpha value is -3.48. The Balaban J connectivity index is 1.60. The van der Waals surface area contributed by atoms with Crippen LogP contribution in [0.3, 0.4) is 0 Å². The van der Waals surface area contributed by atoms with Crippen molar-refractivity contribution in [3.8, 4) is 0 Å². The Kier molecular flexibility index (Phi) is 3.31. The second-order valence-corrected chi connectivity index (χ2v) is 5.37. The normalized spacial score (nSPS) is 11.0. The van der Waals surface area contributed by atoms with E-state index in [9.17, 15) is 9.59 Å². The summed E-state index contributed by atoms with van der Waals surface area (Å²) in [5.74, 6) is 0.225. The first-order valence-electron chi connectivity index (χ1n) is 7.41. The minimum Gasteiger partial charge on any atom is -0.309 e. The van der Waals surface area contributed by atoms with Gasteiger partial charge in [-0.05, 0) is 18.2 Å². The van der Waals surface area contributed by atoms with Gasteiger partial charge in [0.25, 0.3) is 5.56 Å². The quantitative estimate of drug-likeness (QED) is 0.602. The lowest BCUT2D eigenvalue weighted by Gasteiger charge is -2.04. The zero-order valence-electron chi connectivity index (χ0n) is 12.6. The number of anilines is 1. The largest absolute Gasteiger partial charge is 0.309 e. The van der Waals surface area contributed by atoms with Gasteiger partial charge in [0.2, 0.25) is 5.91 Å². The van der Waals surface area contributed by atoms with E-state index < -0.39 is 0 Å². The third-order valence-electron chi connectivity index (χ3n) is 3.74. The summed E-state index contributed by atoms with van der Waals surface area (Å²) in [6, 6.07) is 14.5. The molecule has 3 heterocycles. The van der Waals surface area contributed by atoms with Crippen LogP contribution in [0.25, 0.3) is 16.3 Å². The van der Waals surface area contributed by atoms with Crippen LogP contribution in [0.15, 0.2) is 59.5 Å². The fourth-order valence-corrected chi connectivity index (χ4v) is 2.64. The predicted molar refractivity (Wildman–Crippen MR) is 89.9 cm³/mol. The van der Waals surface area contributed by atoms with Crippen LogP contribution >= 0.6 is 0 Å². The standard InChI is InChI=1S/C17H13N5O2/c23-16(18-15-9-11-5-3-4-8-22(11)21-15)10-14-12-6-1-2-7-13(12)17(24)20-19-14/h1-9H,10H2,(H,20,24)(H,18,21,23). The summed E-state index contributed by atoms with van der Waals surface area (Å²) in [5, 5.41) is 14.7. The maximum Gasteiger partial charge on any atom is 0.272 e. The molecule has 0 atom stereocenters. The summed E-state index contributed by atoms with van der Waals surface area (Å²) < 4.78 is 1.68. The zero-order valence-corrected chi connectivity index (χ0v) is 12.6. The van der Waals surface area contributed by atoms with Gasteiger partial charge < -0.3 is 5.32 Å². The van der Waals surface area contributed by atoms with E-state index in [4.69, 9.17) is 0 Å². The number of H-pyrrole nitrogens is 1. The third-order valence-corrected chi connectivity index (χ3v) is 3.74. The molecule has 0 aliphatic carbocycles. The van der Waals surface area contributed by atoms with Crippen LogP contribution in [0.1, 0.15) is 5.69 Å². The van der Waals surface area contributed by atoms with Crippen molar-refractivity contribution in [1.29, 1.82) is 0 Å². The van der Waals surface area contributed by atoms with E-state index in [0.29, 0.717) is 22.3 Å². The van der Waals surface area contributed by atoms with Gasteiger partial charge in [-0.15, -0.1) is 0 Å². The third kappa shape index (κ3) is 2.52. The molecular formula is C17H13N5O2. The number of pyridine rings is 1. The smallest absolute Gasteiger partial charge is 0.272 e. The van der Waals surface area contributed by atoms with Crippen molar-refractivity contribution >= 4 is 28.0 Å². The number of nitrogens with one attached hydrogen (secondary N) is 2. The molecule has 2 N–H and O–H groups in total. The number of aromatic nitrogens is 4. The van der Waals surface area contributed by atoms with Gasteiger partial charge in [0.15, 0.2) is 5.82 Å². The van der Waals surface area contributed by atoms with Crippen molar-refractivity contribution in [2.75, 3.05) is 5.32 Å². The highest BCUT2D eigenvalue weighted by Crippen LogP contribution is 2.14. The summed E-state index contributed by atoms with van der Waals surface area (Å²) in [7, 11) is 0. The minimum atomic E-state index is -0.268. The summed E-state index contributed by atoms with van der Waals surface area (Å²) in [6.07, 6.45) is 1.85. The number of hydrogen-bond donors (Lipinski definition) is 2. The molecule has 7 heteroatoms. The molecule has 0 aliphatic heterocycles. The number of fused-ring (bicyclic) bond motifs is 2. The van der Waals surface area contributed by atoms with E-state index in [0.717, 1.165) is 5.52 Å². The summed E-state index contributed by atoms with van der Waals surface area (Å²) in [4.78, 5) is 24.1. The highest BCUT2D eigenvalue weighted by Gasteiger charge is 2.12. The first-order chi connectivity index (χ1) is 11.7. The molecule has 0 unspecified atom stereocenters. The van der Waals surface area contributed by atoms with E-state index in [-0.39, 0.29) is 17.9 Å². The van der Waals surface area contributed by atoms with E-state index in [1.165, 1.54) is 0 Å². The fourth-order valence-electron chi connectivity index (χ4n) is 2.64. The van der Waals surface area contributed by atoms with Gasteiger partial charge in [-0.1, -0.05) is 24.3 Å². The van der Waals surface area contributed by atoms with Gasteiger partial charge >= 0.3 is 0 Å². The molecule has 3 aromatic heterocycles. The van der Waals surface area contributed by atoms with Crippen LogP contribution < -0.4 is 10.9 Å². The maximum absolute atomic E-state index is 12.3. The molecule has 0 aliphatic rings. The van der Waals surface area contributed by atoms with Gasteiger partial charge in [0, 0.05) is 17.6 Å². The Labute approximate surface area is 135 Å². The van der Waals surface area contributed by atoms with Crippen LogP contribution in [0.4, 0.5) is 5.82 Å². The SMILES string of the molecule is O=C(Cc1n[nH]c(=O)c2ccccc12)Nc1cc2ccccn2n1. The molecule has 4 aromatic rings. The van der Waals surface area contributed by atoms with Gasteiger partial charge in [-0.3, -0.25) is 9.59 Å². The molecule has 0 radical (unpaired) electrons. The monoisotopic (exact) mass is 319 g/mol. The molecule has 0 spiro atoms. The minimum absolute atomic E-state index is 0.0468. The molecule has 1 amide bonds. The molecule has 4 rings (SSSR count). The molecule has 0 fully saturated rings. The number of benzene rings is 1. The molecule has 0 saturated heterocycles. The number of nitrogens with zero attached hydrogens (tertiary/aromatic N) is 3. The first-order valence-corrected chi connectivity index (χ1v) is 7.41. The highest BCUT2D eigenvalue weighted by molar-refractivity contribution is 5.95. The number of rotatable bonds is 3. The second-order valence-electron chi connectivity index (χ2n) is 5.37. The first kappa shape index (κ1) is 14.1. The van der Waals surface area contributed by atoms with Gasteiger partial charge in [0.05, 0.1) is 23.0 Å². The lowest BCUT2D eigenvalue weighted by Crippen LogP contribution is -2.18. The molecule has 24 heavy (non-hydrogen) atoms. The van der Waals surface area contributed by atoms with E-state index >= 15 is 0 Å². The molecule has 0 bridgehead atoms. The number of carbonyl (C=O) groups excluding carboxylic acids is 1. The van der Waals surface area contributed by atoms with Crippen molar-refractivity contribution in [3.63, 3.8) is 0 Å². The zero-order chi connectivity index (χ0) is 16.5. The Morgan fingerprint density at radius 1 is 1.12 bits per heavy atom. The Morgan fingerprint density at radius 2 is 1.92 bits per heavy atom. The Bertz CT molecular complexity index is 1080. The molecule has 7 nitrogen and oxygen atoms in total. The van der Waals surface area contributed by atoms with Gasteiger partial charge in [-0.2, -0.15) is 10.2 Å². The van der Waals surface area contributed by atoms with Crippen LogP contribution in [-0.2, 0) is 11.2 Å². The lowest BCUT2D eigenvalue weighted by atomic mass is 10.1. The molecular weight excluding hydrogens is 306 g/mol. The average Bonchev–Trinajstić information content (AvgIpc) is 3.00. The lowest BCUT2D eigenvalue weighted by molar-refractivity contribution is -0.115. The van der Waals surface area contributed by atoms with Crippen molar-refractivity contribution < 1.29 is 4.79 Å². The van der Waals surface area contributed by atoms with Crippen LogP contribution in [0.5, 0.6) is 0 Å². The predicted octanol–water partition coefficient (Wildman–Crippen LogP) is 1.75. The number of hydrogen-bond acceptors (Lipinski definition) is 4. The molecule has 1 aromatic carbocycles.